The maximum atomic E-state index is 15.1. The van der Waals surface area contributed by atoms with E-state index in [9.17, 15) is 9.59 Å². The molecule has 7 nitrogen and oxygen atoms in total. The van der Waals surface area contributed by atoms with Gasteiger partial charge in [-0.05, 0) is 31.7 Å². The van der Waals surface area contributed by atoms with E-state index in [1.54, 1.807) is 4.57 Å². The molecule has 3 fully saturated rings. The van der Waals surface area contributed by atoms with E-state index in [4.69, 9.17) is 22.4 Å². The minimum atomic E-state index is -1.59. The molecule has 1 aromatic heterocycles. The molecule has 1 unspecified atom stereocenters. The van der Waals surface area contributed by atoms with Gasteiger partial charge in [0.2, 0.25) is 5.43 Å². The van der Waals surface area contributed by atoms with E-state index in [1.807, 2.05) is 4.90 Å². The van der Waals surface area contributed by atoms with E-state index in [2.05, 4.69) is 4.74 Å². The molecule has 2 aliphatic carbocycles. The average Bonchev–Trinajstić information content (AvgIpc) is 3.51. The third kappa shape index (κ3) is 2.58. The third-order valence-electron chi connectivity index (χ3n) is 6.21. The summed E-state index contributed by atoms with van der Waals surface area (Å²) in [4.78, 5) is 25.5. The van der Waals surface area contributed by atoms with Crippen molar-refractivity contribution in [3.05, 3.63) is 33.3 Å². The van der Waals surface area contributed by atoms with Gasteiger partial charge in [-0.2, -0.15) is 0 Å². The van der Waals surface area contributed by atoms with Crippen molar-refractivity contribution in [3.8, 4) is 5.75 Å². The van der Waals surface area contributed by atoms with Crippen LogP contribution in [0.3, 0.4) is 0 Å². The van der Waals surface area contributed by atoms with Crippen molar-refractivity contribution >= 4 is 34.3 Å². The van der Waals surface area contributed by atoms with Gasteiger partial charge in [0, 0.05) is 30.6 Å². The number of hydrogen-bond donors (Lipinski definition) is 2. The summed E-state index contributed by atoms with van der Waals surface area (Å²) in [6.45, 7) is 1.15. The van der Waals surface area contributed by atoms with Crippen LogP contribution in [0, 0.1) is 11.2 Å². The smallest absolute Gasteiger partial charge is 0.449 e. The second kappa shape index (κ2) is 5.84. The number of aromatic nitrogens is 1. The highest BCUT2D eigenvalue weighted by atomic mass is 35.5. The second-order valence-electron chi connectivity index (χ2n) is 8.10. The van der Waals surface area contributed by atoms with Gasteiger partial charge in [0.05, 0.1) is 27.8 Å². The normalized spacial score (nSPS) is 22.8. The van der Waals surface area contributed by atoms with Crippen LogP contribution in [0.4, 0.5) is 14.9 Å². The zero-order chi connectivity index (χ0) is 19.8. The van der Waals surface area contributed by atoms with Crippen molar-refractivity contribution < 1.29 is 19.0 Å². The fourth-order valence-corrected chi connectivity index (χ4v) is 4.77. The van der Waals surface area contributed by atoms with Crippen molar-refractivity contribution in [1.29, 1.82) is 0 Å². The maximum Gasteiger partial charge on any atom is 0.511 e. The lowest BCUT2D eigenvalue weighted by Crippen LogP contribution is -2.30. The monoisotopic (exact) mass is 407 g/mol. The predicted octanol–water partition coefficient (Wildman–Crippen LogP) is 3.11. The number of pyridine rings is 1. The molecule has 3 N–H and O–H groups in total. The number of hydrogen-bond acceptors (Lipinski definition) is 5. The molecule has 1 aromatic carbocycles. The summed E-state index contributed by atoms with van der Waals surface area (Å²) >= 11 is 6.66. The third-order valence-corrected chi connectivity index (χ3v) is 6.56. The van der Waals surface area contributed by atoms with Crippen molar-refractivity contribution in [1.82, 2.24) is 4.57 Å². The Morgan fingerprint density at radius 3 is 2.68 bits per heavy atom. The predicted molar refractivity (Wildman–Crippen MR) is 102 cm³/mol. The Hall–Kier alpha value is -2.32. The Kier molecular flexibility index (Phi) is 3.70. The molecule has 148 valence electrons. The van der Waals surface area contributed by atoms with Crippen LogP contribution in [0.15, 0.2) is 17.1 Å². The molecule has 1 spiro atoms. The summed E-state index contributed by atoms with van der Waals surface area (Å²) in [5.41, 5.74) is 6.27. The number of nitrogens with zero attached hydrogens (tertiary/aromatic N) is 2. The van der Waals surface area contributed by atoms with Crippen LogP contribution in [0.25, 0.3) is 10.9 Å². The first-order valence-corrected chi connectivity index (χ1v) is 9.67. The van der Waals surface area contributed by atoms with Gasteiger partial charge in [-0.3, -0.25) is 4.79 Å². The molecule has 3 aliphatic rings. The lowest BCUT2D eigenvalue weighted by Gasteiger charge is -2.23. The molecule has 28 heavy (non-hydrogen) atoms. The first kappa shape index (κ1) is 17.8. The SMILES string of the molecule is NC1CN(c2c(F)cc3c(=O)c(OC(=O)O)cn(C4CC4)c3c2Cl)CC12CC2. The van der Waals surface area contributed by atoms with E-state index >= 15 is 4.39 Å². The van der Waals surface area contributed by atoms with Gasteiger partial charge in [-0.15, -0.1) is 0 Å². The first-order chi connectivity index (χ1) is 13.3. The molecule has 1 aliphatic heterocycles. The van der Waals surface area contributed by atoms with Crippen LogP contribution < -0.4 is 20.8 Å². The van der Waals surface area contributed by atoms with E-state index in [0.717, 1.165) is 31.7 Å². The lowest BCUT2D eigenvalue weighted by atomic mass is 10.0. The number of carboxylic acid groups (broad SMARTS) is 1. The molecule has 2 heterocycles. The number of ether oxygens (including phenoxy) is 1. The fourth-order valence-electron chi connectivity index (χ4n) is 4.36. The Morgan fingerprint density at radius 2 is 2.11 bits per heavy atom. The molecule has 1 saturated heterocycles. The van der Waals surface area contributed by atoms with Crippen LogP contribution in [-0.4, -0.2) is 35.0 Å². The second-order valence-corrected chi connectivity index (χ2v) is 8.47. The summed E-state index contributed by atoms with van der Waals surface area (Å²) in [6.07, 6.45) is 3.56. The summed E-state index contributed by atoms with van der Waals surface area (Å²) < 4.78 is 21.4. The molecule has 1 atom stereocenters. The molecule has 0 radical (unpaired) electrons. The number of fused-ring (bicyclic) bond motifs is 1. The van der Waals surface area contributed by atoms with Gasteiger partial charge in [0.15, 0.2) is 5.75 Å². The quantitative estimate of drug-likeness (QED) is 0.759. The molecule has 5 rings (SSSR count). The average molecular weight is 408 g/mol. The van der Waals surface area contributed by atoms with Crippen LogP contribution in [-0.2, 0) is 0 Å². The van der Waals surface area contributed by atoms with Gasteiger partial charge in [-0.1, -0.05) is 11.6 Å². The number of nitrogens with two attached hydrogens (primary N) is 1. The van der Waals surface area contributed by atoms with E-state index < -0.39 is 17.4 Å². The minimum absolute atomic E-state index is 0.0153. The number of benzene rings is 1. The zero-order valence-corrected chi connectivity index (χ0v) is 15.7. The van der Waals surface area contributed by atoms with Gasteiger partial charge in [-0.25, -0.2) is 9.18 Å². The Bertz CT molecular complexity index is 1080. The van der Waals surface area contributed by atoms with Gasteiger partial charge >= 0.3 is 6.16 Å². The highest BCUT2D eigenvalue weighted by Gasteiger charge is 2.54. The van der Waals surface area contributed by atoms with Gasteiger partial charge < -0.3 is 25.0 Å². The number of halogens is 2. The van der Waals surface area contributed by atoms with E-state index in [-0.39, 0.29) is 39.3 Å². The molecule has 2 aromatic rings. The van der Waals surface area contributed by atoms with Crippen LogP contribution in [0.1, 0.15) is 31.7 Å². The lowest BCUT2D eigenvalue weighted by molar-refractivity contribution is 0.143. The molecular formula is C19H19ClFN3O4. The highest BCUT2D eigenvalue weighted by Crippen LogP contribution is 2.54. The van der Waals surface area contributed by atoms with Crippen LogP contribution >= 0.6 is 11.6 Å². The Balaban J connectivity index is 1.71. The van der Waals surface area contributed by atoms with Crippen molar-refractivity contribution in [2.24, 2.45) is 11.1 Å². The van der Waals surface area contributed by atoms with Crippen molar-refractivity contribution in [2.45, 2.75) is 37.8 Å². The standard InChI is InChI=1S/C19H19ClFN3O4/c20-14-15-10(17(25)12(28-18(26)27)6-24(15)9-1-2-9)5-11(21)16(14)23-7-13(22)19(8-23)3-4-19/h5-6,9,13H,1-4,7-8,22H2,(H,26,27). The molecule has 2 saturated carbocycles. The number of anilines is 1. The summed E-state index contributed by atoms with van der Waals surface area (Å²) in [5, 5.41) is 9.07. The van der Waals surface area contributed by atoms with Crippen LogP contribution in [0.2, 0.25) is 5.02 Å². The van der Waals surface area contributed by atoms with E-state index in [1.165, 1.54) is 6.20 Å². The van der Waals surface area contributed by atoms with Crippen LogP contribution in [0.5, 0.6) is 5.75 Å². The Labute approximate surface area is 164 Å². The summed E-state index contributed by atoms with van der Waals surface area (Å²) in [7, 11) is 0. The maximum absolute atomic E-state index is 15.1. The van der Waals surface area contributed by atoms with Crippen molar-refractivity contribution in [3.63, 3.8) is 0 Å². The van der Waals surface area contributed by atoms with E-state index in [0.29, 0.717) is 18.6 Å². The minimum Gasteiger partial charge on any atom is -0.449 e. The molecular weight excluding hydrogens is 389 g/mol. The fraction of sp³-hybridized carbons (Fsp3) is 0.474. The molecule has 0 amide bonds. The largest absolute Gasteiger partial charge is 0.511 e. The zero-order valence-electron chi connectivity index (χ0n) is 15.0. The molecule has 0 bridgehead atoms. The summed E-state index contributed by atoms with van der Waals surface area (Å²) in [5.74, 6) is -0.968. The van der Waals surface area contributed by atoms with Gasteiger partial charge in [0.25, 0.3) is 0 Å². The Morgan fingerprint density at radius 1 is 1.39 bits per heavy atom. The first-order valence-electron chi connectivity index (χ1n) is 9.29. The number of rotatable bonds is 3. The molecule has 9 heteroatoms. The topological polar surface area (TPSA) is 97.8 Å². The van der Waals surface area contributed by atoms with Crippen molar-refractivity contribution in [2.75, 3.05) is 18.0 Å². The van der Waals surface area contributed by atoms with Gasteiger partial charge in [0.1, 0.15) is 5.82 Å². The highest BCUT2D eigenvalue weighted by molar-refractivity contribution is 6.38. The summed E-state index contributed by atoms with van der Waals surface area (Å²) in [6, 6.07) is 1.18. The number of carbonyl (C=O) groups is 1.